The van der Waals surface area contributed by atoms with E-state index in [9.17, 15) is 9.59 Å². The van der Waals surface area contributed by atoms with Crippen LogP contribution in [0, 0.1) is 5.92 Å². The Morgan fingerprint density at radius 3 is 2.65 bits per heavy atom. The molecule has 0 aliphatic carbocycles. The summed E-state index contributed by atoms with van der Waals surface area (Å²) in [5.41, 5.74) is 0. The van der Waals surface area contributed by atoms with Crippen molar-refractivity contribution in [2.24, 2.45) is 5.92 Å². The lowest BCUT2D eigenvalue weighted by atomic mass is 9.97. The lowest BCUT2D eigenvalue weighted by molar-refractivity contribution is -0.139. The molecule has 1 aromatic heterocycles. The minimum absolute atomic E-state index is 0.333. The molecule has 0 radical (unpaired) electrons. The van der Waals surface area contributed by atoms with Crippen molar-refractivity contribution in [2.45, 2.75) is 12.8 Å². The third-order valence-corrected chi connectivity index (χ3v) is 3.84. The summed E-state index contributed by atoms with van der Waals surface area (Å²) in [5, 5.41) is 5.20. The van der Waals surface area contributed by atoms with Crippen LogP contribution < -0.4 is 15.5 Å². The third kappa shape index (κ3) is 5.48. The Morgan fingerprint density at radius 1 is 1.26 bits per heavy atom. The van der Waals surface area contributed by atoms with Crippen LogP contribution in [0.1, 0.15) is 12.8 Å². The number of piperidine rings is 1. The number of hydrogen-bond donors (Lipinski definition) is 2. The Balaban J connectivity index is 1.66. The van der Waals surface area contributed by atoms with Gasteiger partial charge < -0.3 is 20.3 Å². The second-order valence-corrected chi connectivity index (χ2v) is 5.45. The van der Waals surface area contributed by atoms with E-state index in [1.165, 1.54) is 0 Å². The standard InChI is InChI=1S/C15H23N5O3/c1-23-9-6-18-14(21)15(22)19-10-12-2-7-20(8-3-12)13-11-16-4-5-17-13/h4-5,11-12H,2-3,6-10H2,1H3,(H,18,21)(H,19,22). The molecule has 1 aliphatic heterocycles. The summed E-state index contributed by atoms with van der Waals surface area (Å²) in [7, 11) is 1.54. The molecular weight excluding hydrogens is 298 g/mol. The SMILES string of the molecule is COCCNC(=O)C(=O)NCC1CCN(c2cnccn2)CC1. The number of methoxy groups -OCH3 is 1. The highest BCUT2D eigenvalue weighted by molar-refractivity contribution is 6.35. The average molecular weight is 321 g/mol. The summed E-state index contributed by atoms with van der Waals surface area (Å²) < 4.78 is 4.81. The van der Waals surface area contributed by atoms with E-state index in [1.807, 2.05) is 0 Å². The normalized spacial score (nSPS) is 15.3. The van der Waals surface area contributed by atoms with Gasteiger partial charge in [-0.1, -0.05) is 0 Å². The van der Waals surface area contributed by atoms with Crippen LogP contribution in [0.25, 0.3) is 0 Å². The van der Waals surface area contributed by atoms with Crippen molar-refractivity contribution in [1.82, 2.24) is 20.6 Å². The monoisotopic (exact) mass is 321 g/mol. The zero-order chi connectivity index (χ0) is 16.5. The maximum absolute atomic E-state index is 11.7. The predicted molar refractivity (Wildman–Crippen MR) is 84.9 cm³/mol. The van der Waals surface area contributed by atoms with Gasteiger partial charge in [-0.25, -0.2) is 4.98 Å². The smallest absolute Gasteiger partial charge is 0.309 e. The maximum Gasteiger partial charge on any atom is 0.309 e. The number of hydrogen-bond acceptors (Lipinski definition) is 6. The number of carbonyl (C=O) groups excluding carboxylic acids is 2. The third-order valence-electron chi connectivity index (χ3n) is 3.84. The number of rotatable bonds is 6. The number of aromatic nitrogens is 2. The highest BCUT2D eigenvalue weighted by Gasteiger charge is 2.21. The lowest BCUT2D eigenvalue weighted by Crippen LogP contribution is -2.44. The fourth-order valence-electron chi connectivity index (χ4n) is 2.48. The number of ether oxygens (including phenoxy) is 1. The molecule has 1 saturated heterocycles. The van der Waals surface area contributed by atoms with Gasteiger partial charge in [-0.05, 0) is 18.8 Å². The number of anilines is 1. The molecule has 2 rings (SSSR count). The van der Waals surface area contributed by atoms with Crippen LogP contribution in [0.15, 0.2) is 18.6 Å². The van der Waals surface area contributed by atoms with Crippen LogP contribution in [0.4, 0.5) is 5.82 Å². The Bertz CT molecular complexity index is 503. The van der Waals surface area contributed by atoms with E-state index in [2.05, 4.69) is 25.5 Å². The van der Waals surface area contributed by atoms with E-state index < -0.39 is 11.8 Å². The van der Waals surface area contributed by atoms with Crippen LogP contribution >= 0.6 is 0 Å². The summed E-state index contributed by atoms with van der Waals surface area (Å²) in [6, 6.07) is 0. The molecule has 2 heterocycles. The molecule has 2 N–H and O–H groups in total. The molecule has 0 spiro atoms. The van der Waals surface area contributed by atoms with E-state index in [4.69, 9.17) is 4.74 Å². The molecule has 8 nitrogen and oxygen atoms in total. The van der Waals surface area contributed by atoms with Gasteiger partial charge in [0.05, 0.1) is 12.8 Å². The second-order valence-electron chi connectivity index (χ2n) is 5.45. The van der Waals surface area contributed by atoms with Gasteiger partial charge in [0.1, 0.15) is 5.82 Å². The molecule has 0 saturated carbocycles. The van der Waals surface area contributed by atoms with Crippen molar-refractivity contribution in [3.63, 3.8) is 0 Å². The molecule has 2 amide bonds. The van der Waals surface area contributed by atoms with E-state index in [-0.39, 0.29) is 0 Å². The molecule has 0 aromatic carbocycles. The summed E-state index contributed by atoms with van der Waals surface area (Å²) in [6.07, 6.45) is 6.99. The van der Waals surface area contributed by atoms with Crippen LogP contribution in [0.3, 0.4) is 0 Å². The largest absolute Gasteiger partial charge is 0.383 e. The Kier molecular flexibility index (Phi) is 6.74. The Morgan fingerprint density at radius 2 is 2.00 bits per heavy atom. The first-order valence-corrected chi connectivity index (χ1v) is 7.76. The number of nitrogens with one attached hydrogen (secondary N) is 2. The molecular formula is C15H23N5O3. The molecule has 126 valence electrons. The molecule has 1 aliphatic rings. The summed E-state index contributed by atoms with van der Waals surface area (Å²) in [6.45, 7) is 2.99. The van der Waals surface area contributed by atoms with Gasteiger partial charge >= 0.3 is 11.8 Å². The van der Waals surface area contributed by atoms with Crippen molar-refractivity contribution in [3.8, 4) is 0 Å². The van der Waals surface area contributed by atoms with Crippen LogP contribution in [0.2, 0.25) is 0 Å². The topological polar surface area (TPSA) is 96.4 Å². The van der Waals surface area contributed by atoms with Gasteiger partial charge in [-0.15, -0.1) is 0 Å². The molecule has 0 bridgehead atoms. The van der Waals surface area contributed by atoms with Gasteiger partial charge in [-0.2, -0.15) is 0 Å². The van der Waals surface area contributed by atoms with Gasteiger partial charge in [-0.3, -0.25) is 14.6 Å². The van der Waals surface area contributed by atoms with Gasteiger partial charge in [0, 0.05) is 45.7 Å². The van der Waals surface area contributed by atoms with Crippen LogP contribution in [-0.4, -0.2) is 61.7 Å². The van der Waals surface area contributed by atoms with Gasteiger partial charge in [0.25, 0.3) is 0 Å². The van der Waals surface area contributed by atoms with E-state index >= 15 is 0 Å². The van der Waals surface area contributed by atoms with Gasteiger partial charge in [0.2, 0.25) is 0 Å². The van der Waals surface area contributed by atoms with Crippen LogP contribution in [-0.2, 0) is 14.3 Å². The minimum atomic E-state index is -0.612. The van der Waals surface area contributed by atoms with E-state index in [1.54, 1.807) is 25.7 Å². The first kappa shape index (κ1) is 17.1. The second kappa shape index (κ2) is 9.04. The summed E-state index contributed by atoms with van der Waals surface area (Å²) in [4.78, 5) is 33.7. The van der Waals surface area contributed by atoms with Crippen molar-refractivity contribution in [2.75, 3.05) is 44.8 Å². The first-order valence-electron chi connectivity index (χ1n) is 7.76. The first-order chi connectivity index (χ1) is 11.2. The molecule has 1 fully saturated rings. The zero-order valence-corrected chi connectivity index (χ0v) is 13.3. The molecule has 0 atom stereocenters. The number of carbonyl (C=O) groups is 2. The summed E-state index contributed by atoms with van der Waals surface area (Å²) >= 11 is 0. The Labute approximate surface area is 135 Å². The fraction of sp³-hybridized carbons (Fsp3) is 0.600. The maximum atomic E-state index is 11.7. The quantitative estimate of drug-likeness (QED) is 0.545. The van der Waals surface area contributed by atoms with Crippen molar-refractivity contribution >= 4 is 17.6 Å². The molecule has 8 heteroatoms. The highest BCUT2D eigenvalue weighted by atomic mass is 16.5. The van der Waals surface area contributed by atoms with Crippen molar-refractivity contribution in [3.05, 3.63) is 18.6 Å². The minimum Gasteiger partial charge on any atom is -0.383 e. The van der Waals surface area contributed by atoms with E-state index in [0.717, 1.165) is 31.7 Å². The number of amides is 2. The zero-order valence-electron chi connectivity index (χ0n) is 13.3. The molecule has 23 heavy (non-hydrogen) atoms. The Hall–Kier alpha value is -2.22. The lowest BCUT2D eigenvalue weighted by Gasteiger charge is -2.32. The fourth-order valence-corrected chi connectivity index (χ4v) is 2.48. The van der Waals surface area contributed by atoms with Crippen molar-refractivity contribution < 1.29 is 14.3 Å². The molecule has 1 aromatic rings. The highest BCUT2D eigenvalue weighted by Crippen LogP contribution is 2.20. The van der Waals surface area contributed by atoms with Crippen molar-refractivity contribution in [1.29, 1.82) is 0 Å². The molecule has 0 unspecified atom stereocenters. The van der Waals surface area contributed by atoms with Gasteiger partial charge in [0.15, 0.2) is 0 Å². The summed E-state index contributed by atoms with van der Waals surface area (Å²) in [5.74, 6) is 0.0580. The average Bonchev–Trinajstić information content (AvgIpc) is 2.61. The van der Waals surface area contributed by atoms with E-state index in [0.29, 0.717) is 25.6 Å². The number of nitrogens with zero attached hydrogens (tertiary/aromatic N) is 3. The predicted octanol–water partition coefficient (Wildman–Crippen LogP) is -0.428. The van der Waals surface area contributed by atoms with Crippen LogP contribution in [0.5, 0.6) is 0 Å².